The van der Waals surface area contributed by atoms with Crippen LogP contribution in [0.3, 0.4) is 0 Å². The van der Waals surface area contributed by atoms with E-state index in [0.29, 0.717) is 23.7 Å². The molecule has 1 atom stereocenters. The van der Waals surface area contributed by atoms with Crippen LogP contribution in [-0.4, -0.2) is 36.4 Å². The summed E-state index contributed by atoms with van der Waals surface area (Å²) in [6.07, 6.45) is 6.33. The van der Waals surface area contributed by atoms with Crippen molar-refractivity contribution in [2.75, 3.05) is 19.0 Å². The molecule has 0 aromatic heterocycles. The fraction of sp³-hybridized carbons (Fsp3) is 0.440. The lowest BCUT2D eigenvalue weighted by Crippen LogP contribution is -2.52. The summed E-state index contributed by atoms with van der Waals surface area (Å²) in [6, 6.07) is 14.5. The Morgan fingerprint density at radius 2 is 1.68 bits per heavy atom. The molecule has 1 N–H and O–H groups in total. The molecule has 2 amide bonds. The molecule has 2 aromatic carbocycles. The van der Waals surface area contributed by atoms with E-state index in [0.717, 1.165) is 49.8 Å². The molecule has 6 heteroatoms. The summed E-state index contributed by atoms with van der Waals surface area (Å²) in [5, 5.41) is 3.64. The van der Waals surface area contributed by atoms with Crippen LogP contribution in [0.4, 0.5) is 5.69 Å². The largest absolute Gasteiger partial charge is 0.497 e. The van der Waals surface area contributed by atoms with Gasteiger partial charge in [0.1, 0.15) is 11.8 Å². The highest BCUT2D eigenvalue weighted by Crippen LogP contribution is 2.42. The SMILES string of the molecule is COc1ccc(NC(=O)[C@H]2CCCN2C(=O)C2(c3ccc(Cl)cc3)CCCCC2)cc1. The van der Waals surface area contributed by atoms with Crippen molar-refractivity contribution in [2.45, 2.75) is 56.4 Å². The van der Waals surface area contributed by atoms with Gasteiger partial charge in [-0.1, -0.05) is 43.0 Å². The van der Waals surface area contributed by atoms with Crippen LogP contribution in [0.25, 0.3) is 0 Å². The van der Waals surface area contributed by atoms with Crippen LogP contribution in [0.1, 0.15) is 50.5 Å². The Morgan fingerprint density at radius 1 is 1.00 bits per heavy atom. The number of carbonyl (C=O) groups excluding carboxylic acids is 2. The molecular weight excluding hydrogens is 412 g/mol. The first-order chi connectivity index (χ1) is 15.0. The number of hydrogen-bond acceptors (Lipinski definition) is 3. The molecule has 0 bridgehead atoms. The molecule has 1 aliphatic heterocycles. The number of hydrogen-bond donors (Lipinski definition) is 1. The summed E-state index contributed by atoms with van der Waals surface area (Å²) >= 11 is 6.11. The van der Waals surface area contributed by atoms with Gasteiger partial charge < -0.3 is 15.0 Å². The van der Waals surface area contributed by atoms with Gasteiger partial charge in [-0.15, -0.1) is 0 Å². The number of nitrogens with zero attached hydrogens (tertiary/aromatic N) is 1. The van der Waals surface area contributed by atoms with E-state index in [9.17, 15) is 9.59 Å². The van der Waals surface area contributed by atoms with Crippen molar-refractivity contribution >= 4 is 29.1 Å². The molecule has 0 spiro atoms. The number of carbonyl (C=O) groups is 2. The average molecular weight is 441 g/mol. The molecule has 1 saturated carbocycles. The number of rotatable bonds is 5. The van der Waals surface area contributed by atoms with E-state index in [1.807, 2.05) is 53.4 Å². The van der Waals surface area contributed by atoms with Crippen molar-refractivity contribution in [2.24, 2.45) is 0 Å². The van der Waals surface area contributed by atoms with E-state index in [-0.39, 0.29) is 11.8 Å². The number of ether oxygens (including phenoxy) is 1. The van der Waals surface area contributed by atoms with Crippen molar-refractivity contribution < 1.29 is 14.3 Å². The van der Waals surface area contributed by atoms with Gasteiger partial charge in [-0.05, 0) is 67.6 Å². The standard InChI is InChI=1S/C25H29ClN2O3/c1-31-21-13-11-20(12-14-21)27-23(29)22-6-5-17-28(22)24(30)25(15-3-2-4-16-25)18-7-9-19(26)10-8-18/h7-14,22H,2-6,15-17H2,1H3,(H,27,29)/t22-/m1/s1. The van der Waals surface area contributed by atoms with Gasteiger partial charge in [0.05, 0.1) is 12.5 Å². The highest BCUT2D eigenvalue weighted by Gasteiger charge is 2.47. The zero-order valence-electron chi connectivity index (χ0n) is 17.9. The van der Waals surface area contributed by atoms with Gasteiger partial charge in [0, 0.05) is 17.3 Å². The molecule has 4 rings (SSSR count). The Balaban J connectivity index is 1.56. The third kappa shape index (κ3) is 4.42. The molecule has 1 aliphatic carbocycles. The summed E-state index contributed by atoms with van der Waals surface area (Å²) in [5.41, 5.74) is 1.16. The molecule has 2 fully saturated rings. The number of halogens is 1. The lowest BCUT2D eigenvalue weighted by Gasteiger charge is -2.40. The van der Waals surface area contributed by atoms with E-state index < -0.39 is 11.5 Å². The predicted octanol–water partition coefficient (Wildman–Crippen LogP) is 5.18. The Morgan fingerprint density at radius 3 is 2.32 bits per heavy atom. The molecule has 0 radical (unpaired) electrons. The predicted molar refractivity (Wildman–Crippen MR) is 123 cm³/mol. The van der Waals surface area contributed by atoms with Crippen LogP contribution in [-0.2, 0) is 15.0 Å². The minimum atomic E-state index is -0.564. The van der Waals surface area contributed by atoms with Crippen LogP contribution in [0.2, 0.25) is 5.02 Å². The van der Waals surface area contributed by atoms with E-state index in [2.05, 4.69) is 5.32 Å². The molecule has 2 aliphatic rings. The van der Waals surface area contributed by atoms with Gasteiger partial charge in [-0.3, -0.25) is 9.59 Å². The molecule has 1 heterocycles. The molecule has 31 heavy (non-hydrogen) atoms. The Labute approximate surface area is 188 Å². The van der Waals surface area contributed by atoms with Crippen molar-refractivity contribution in [1.29, 1.82) is 0 Å². The third-order valence-electron chi connectivity index (χ3n) is 6.69. The number of benzene rings is 2. The Kier molecular flexibility index (Phi) is 6.51. The van der Waals surface area contributed by atoms with Gasteiger partial charge >= 0.3 is 0 Å². The van der Waals surface area contributed by atoms with Crippen LogP contribution in [0.5, 0.6) is 5.75 Å². The quantitative estimate of drug-likeness (QED) is 0.696. The first kappa shape index (κ1) is 21.7. The van der Waals surface area contributed by atoms with E-state index in [1.165, 1.54) is 0 Å². The smallest absolute Gasteiger partial charge is 0.247 e. The zero-order valence-corrected chi connectivity index (χ0v) is 18.7. The fourth-order valence-electron chi connectivity index (χ4n) is 5.01. The second-order valence-electron chi connectivity index (χ2n) is 8.52. The highest BCUT2D eigenvalue weighted by molar-refractivity contribution is 6.30. The first-order valence-electron chi connectivity index (χ1n) is 11.1. The average Bonchev–Trinajstić information content (AvgIpc) is 3.30. The monoisotopic (exact) mass is 440 g/mol. The summed E-state index contributed by atoms with van der Waals surface area (Å²) in [4.78, 5) is 28.9. The molecule has 2 aromatic rings. The minimum Gasteiger partial charge on any atom is -0.497 e. The van der Waals surface area contributed by atoms with Crippen LogP contribution < -0.4 is 10.1 Å². The third-order valence-corrected chi connectivity index (χ3v) is 6.94. The van der Waals surface area contributed by atoms with Crippen molar-refractivity contribution in [3.63, 3.8) is 0 Å². The topological polar surface area (TPSA) is 58.6 Å². The second kappa shape index (κ2) is 9.31. The second-order valence-corrected chi connectivity index (χ2v) is 8.96. The fourth-order valence-corrected chi connectivity index (χ4v) is 5.13. The molecule has 5 nitrogen and oxygen atoms in total. The summed E-state index contributed by atoms with van der Waals surface area (Å²) in [5.74, 6) is 0.692. The van der Waals surface area contributed by atoms with E-state index in [1.54, 1.807) is 7.11 Å². The van der Waals surface area contributed by atoms with Crippen LogP contribution in [0, 0.1) is 0 Å². The normalized spacial score (nSPS) is 20.3. The van der Waals surface area contributed by atoms with Gasteiger partial charge in [0.25, 0.3) is 0 Å². The molecule has 164 valence electrons. The number of nitrogens with one attached hydrogen (secondary N) is 1. The van der Waals surface area contributed by atoms with Gasteiger partial charge in [0.2, 0.25) is 11.8 Å². The van der Waals surface area contributed by atoms with Crippen LogP contribution in [0.15, 0.2) is 48.5 Å². The maximum Gasteiger partial charge on any atom is 0.247 e. The highest BCUT2D eigenvalue weighted by atomic mass is 35.5. The molecule has 0 unspecified atom stereocenters. The molecular formula is C25H29ClN2O3. The summed E-state index contributed by atoms with van der Waals surface area (Å²) in [6.45, 7) is 0.620. The maximum absolute atomic E-state index is 14.0. The number of methoxy groups -OCH3 is 1. The van der Waals surface area contributed by atoms with Gasteiger partial charge in [0.15, 0.2) is 0 Å². The first-order valence-corrected chi connectivity index (χ1v) is 11.4. The van der Waals surface area contributed by atoms with Gasteiger partial charge in [-0.25, -0.2) is 0 Å². The zero-order chi connectivity index (χ0) is 21.8. The Bertz CT molecular complexity index is 921. The number of amides is 2. The van der Waals surface area contributed by atoms with Gasteiger partial charge in [-0.2, -0.15) is 0 Å². The van der Waals surface area contributed by atoms with Crippen molar-refractivity contribution in [1.82, 2.24) is 4.90 Å². The molecule has 1 saturated heterocycles. The van der Waals surface area contributed by atoms with E-state index >= 15 is 0 Å². The number of anilines is 1. The maximum atomic E-state index is 14.0. The minimum absolute atomic E-state index is 0.0851. The van der Waals surface area contributed by atoms with Crippen molar-refractivity contribution in [3.05, 3.63) is 59.1 Å². The Hall–Kier alpha value is -2.53. The summed E-state index contributed by atoms with van der Waals surface area (Å²) in [7, 11) is 1.61. The van der Waals surface area contributed by atoms with Crippen molar-refractivity contribution in [3.8, 4) is 5.75 Å². The lowest BCUT2D eigenvalue weighted by atomic mass is 9.68. The number of likely N-dealkylation sites (tertiary alicyclic amines) is 1. The van der Waals surface area contributed by atoms with E-state index in [4.69, 9.17) is 16.3 Å². The summed E-state index contributed by atoms with van der Waals surface area (Å²) < 4.78 is 5.18. The lowest BCUT2D eigenvalue weighted by molar-refractivity contribution is -0.143. The van der Waals surface area contributed by atoms with Crippen LogP contribution >= 0.6 is 11.6 Å².